The van der Waals surface area contributed by atoms with E-state index < -0.39 is 5.97 Å². The zero-order valence-corrected chi connectivity index (χ0v) is 15.6. The van der Waals surface area contributed by atoms with Gasteiger partial charge >= 0.3 is 5.97 Å². The van der Waals surface area contributed by atoms with Crippen molar-refractivity contribution in [2.24, 2.45) is 0 Å². The molecule has 0 N–H and O–H groups in total. The van der Waals surface area contributed by atoms with Gasteiger partial charge in [0.1, 0.15) is 11.6 Å². The van der Waals surface area contributed by atoms with Crippen LogP contribution in [-0.4, -0.2) is 13.1 Å². The van der Waals surface area contributed by atoms with Crippen molar-refractivity contribution in [3.8, 4) is 6.07 Å². The zero-order valence-electron chi connectivity index (χ0n) is 14.8. The smallest absolute Gasteiger partial charge is 0.348 e. The Hall–Kier alpha value is -3.42. The Morgan fingerprint density at radius 3 is 1.89 bits per heavy atom. The number of rotatable bonds is 5. The predicted molar refractivity (Wildman–Crippen MR) is 110 cm³/mol. The van der Waals surface area contributed by atoms with E-state index in [9.17, 15) is 4.79 Å². The molecule has 0 unspecified atom stereocenters. The van der Waals surface area contributed by atoms with Crippen LogP contribution < -0.4 is 0 Å². The first-order valence-corrected chi connectivity index (χ1v) is 9.15. The lowest BCUT2D eigenvalue weighted by Crippen LogP contribution is -2.02. The van der Waals surface area contributed by atoms with Gasteiger partial charge in [-0.1, -0.05) is 60.7 Å². The molecule has 1 heterocycles. The van der Waals surface area contributed by atoms with Crippen molar-refractivity contribution in [1.82, 2.24) is 0 Å². The molecule has 0 radical (unpaired) electrons. The van der Waals surface area contributed by atoms with E-state index in [0.717, 1.165) is 26.5 Å². The van der Waals surface area contributed by atoms with Crippen molar-refractivity contribution >= 4 is 35.0 Å². The van der Waals surface area contributed by atoms with Crippen LogP contribution in [0, 0.1) is 11.3 Å². The Morgan fingerprint density at radius 1 is 0.889 bits per heavy atom. The van der Waals surface area contributed by atoms with E-state index in [1.807, 2.05) is 54.6 Å². The van der Waals surface area contributed by atoms with Gasteiger partial charge in [0.2, 0.25) is 0 Å². The predicted octanol–water partition coefficient (Wildman–Crippen LogP) is 5.42. The lowest BCUT2D eigenvalue weighted by molar-refractivity contribution is -0.135. The first-order valence-electron chi connectivity index (χ1n) is 8.34. The summed E-state index contributed by atoms with van der Waals surface area (Å²) in [6, 6.07) is 26.1. The Bertz CT molecular complexity index is 984. The van der Waals surface area contributed by atoms with Crippen LogP contribution in [0.3, 0.4) is 0 Å². The Balaban J connectivity index is 2.00. The molecule has 0 saturated heterocycles. The van der Waals surface area contributed by atoms with Gasteiger partial charge in [0.05, 0.1) is 7.11 Å². The summed E-state index contributed by atoms with van der Waals surface area (Å²) >= 11 is 1.51. The maximum atomic E-state index is 11.6. The second kappa shape index (κ2) is 8.79. The first-order chi connectivity index (χ1) is 13.2. The van der Waals surface area contributed by atoms with Crippen molar-refractivity contribution < 1.29 is 9.53 Å². The summed E-state index contributed by atoms with van der Waals surface area (Å²) < 4.78 is 4.63. The van der Waals surface area contributed by atoms with Crippen LogP contribution in [0.15, 0.2) is 78.4 Å². The van der Waals surface area contributed by atoms with E-state index in [1.54, 1.807) is 6.08 Å². The highest BCUT2D eigenvalue weighted by Gasteiger charge is 2.10. The number of ether oxygens (including phenoxy) is 1. The number of carbonyl (C=O) groups is 1. The summed E-state index contributed by atoms with van der Waals surface area (Å²) in [7, 11) is 1.27. The summed E-state index contributed by atoms with van der Waals surface area (Å²) in [5.74, 6) is -0.628. The summed E-state index contributed by atoms with van der Waals surface area (Å²) in [5.41, 5.74) is 3.35. The Kier molecular flexibility index (Phi) is 5.98. The fourth-order valence-corrected chi connectivity index (χ4v) is 3.52. The Morgan fingerprint density at radius 2 is 1.41 bits per heavy atom. The highest BCUT2D eigenvalue weighted by molar-refractivity contribution is 7.13. The zero-order chi connectivity index (χ0) is 19.1. The highest BCUT2D eigenvalue weighted by atomic mass is 32.1. The topological polar surface area (TPSA) is 50.1 Å². The number of hydrogen-bond acceptors (Lipinski definition) is 4. The van der Waals surface area contributed by atoms with Crippen molar-refractivity contribution in [3.05, 3.63) is 99.3 Å². The second-order valence-electron chi connectivity index (χ2n) is 5.69. The average Bonchev–Trinajstić information content (AvgIpc) is 3.18. The van der Waals surface area contributed by atoms with E-state index in [1.165, 1.54) is 18.4 Å². The van der Waals surface area contributed by atoms with Gasteiger partial charge in [-0.2, -0.15) is 5.26 Å². The molecule has 0 aliphatic heterocycles. The lowest BCUT2D eigenvalue weighted by Gasteiger charge is -2.08. The van der Waals surface area contributed by atoms with E-state index in [2.05, 4.69) is 35.1 Å². The largest absolute Gasteiger partial charge is 0.465 e. The normalized spacial score (nSPS) is 10.7. The molecule has 0 spiro atoms. The molecule has 0 amide bonds. The number of carbonyl (C=O) groups excluding carboxylic acids is 1. The van der Waals surface area contributed by atoms with Crippen LogP contribution in [0.25, 0.3) is 17.7 Å². The third-order valence-electron chi connectivity index (χ3n) is 3.92. The van der Waals surface area contributed by atoms with Crippen LogP contribution in [0.1, 0.15) is 20.9 Å². The van der Waals surface area contributed by atoms with Gasteiger partial charge in [0.15, 0.2) is 0 Å². The van der Waals surface area contributed by atoms with Crippen molar-refractivity contribution in [2.75, 3.05) is 7.11 Å². The van der Waals surface area contributed by atoms with Crippen molar-refractivity contribution in [2.45, 2.75) is 0 Å². The highest BCUT2D eigenvalue weighted by Crippen LogP contribution is 2.29. The molecule has 0 saturated carbocycles. The number of thiophene rings is 1. The summed E-state index contributed by atoms with van der Waals surface area (Å²) in [5, 5.41) is 9.11. The molecule has 3 aromatic rings. The molecular weight excluding hydrogens is 354 g/mol. The molecule has 4 heteroatoms. The van der Waals surface area contributed by atoms with E-state index in [4.69, 9.17) is 5.26 Å². The molecule has 0 bridgehead atoms. The minimum atomic E-state index is -0.628. The molecule has 0 fully saturated rings. The number of methoxy groups -OCH3 is 1. The fourth-order valence-electron chi connectivity index (χ4n) is 2.62. The van der Waals surface area contributed by atoms with Crippen LogP contribution in [-0.2, 0) is 9.53 Å². The monoisotopic (exact) mass is 371 g/mol. The van der Waals surface area contributed by atoms with Gasteiger partial charge in [-0.05, 0) is 41.0 Å². The lowest BCUT2D eigenvalue weighted by atomic mass is 9.97. The Labute approximate surface area is 162 Å². The number of nitrogens with zero attached hydrogens (tertiary/aromatic N) is 1. The fraction of sp³-hybridized carbons (Fsp3) is 0.0435. The molecular formula is C23H17NO2S. The standard InChI is InChI=1S/C23H17NO2S/c1-26-23(25)19(16-24)14-20-12-13-21(27-20)15-22(17-8-4-2-5-9-17)18-10-6-3-7-11-18/h2-15H,1H3. The molecule has 1 aromatic heterocycles. The van der Waals surface area contributed by atoms with Gasteiger partial charge in [-0.25, -0.2) is 4.79 Å². The molecule has 3 rings (SSSR count). The van der Waals surface area contributed by atoms with Crippen LogP contribution in [0.2, 0.25) is 0 Å². The van der Waals surface area contributed by atoms with Crippen LogP contribution >= 0.6 is 11.3 Å². The molecule has 3 nitrogen and oxygen atoms in total. The van der Waals surface area contributed by atoms with Gasteiger partial charge in [0.25, 0.3) is 0 Å². The SMILES string of the molecule is COC(=O)C(C#N)=Cc1ccc(C=C(c2ccccc2)c2ccccc2)s1. The number of esters is 1. The second-order valence-corrected chi connectivity index (χ2v) is 6.84. The summed E-state index contributed by atoms with van der Waals surface area (Å²) in [6.45, 7) is 0. The van der Waals surface area contributed by atoms with E-state index >= 15 is 0 Å². The van der Waals surface area contributed by atoms with Crippen molar-refractivity contribution in [1.29, 1.82) is 5.26 Å². The minimum absolute atomic E-state index is 0.0128. The molecule has 27 heavy (non-hydrogen) atoms. The molecule has 132 valence electrons. The van der Waals surface area contributed by atoms with Gasteiger partial charge in [-0.3, -0.25) is 0 Å². The number of hydrogen-bond donors (Lipinski definition) is 0. The molecule has 0 aliphatic rings. The van der Waals surface area contributed by atoms with Gasteiger partial charge < -0.3 is 4.74 Å². The van der Waals surface area contributed by atoms with Gasteiger partial charge in [-0.15, -0.1) is 11.3 Å². The summed E-state index contributed by atoms with van der Waals surface area (Å²) in [6.07, 6.45) is 3.68. The van der Waals surface area contributed by atoms with Gasteiger partial charge in [0, 0.05) is 9.75 Å². The third kappa shape index (κ3) is 4.60. The molecule has 2 aromatic carbocycles. The van der Waals surface area contributed by atoms with E-state index in [0.29, 0.717) is 0 Å². The quantitative estimate of drug-likeness (QED) is 0.342. The number of nitriles is 1. The summed E-state index contributed by atoms with van der Waals surface area (Å²) in [4.78, 5) is 13.4. The molecule has 0 atom stereocenters. The third-order valence-corrected chi connectivity index (χ3v) is 4.90. The van der Waals surface area contributed by atoms with Crippen LogP contribution in [0.4, 0.5) is 0 Å². The van der Waals surface area contributed by atoms with Crippen LogP contribution in [0.5, 0.6) is 0 Å². The average molecular weight is 371 g/mol. The maximum absolute atomic E-state index is 11.6. The van der Waals surface area contributed by atoms with Crippen molar-refractivity contribution in [3.63, 3.8) is 0 Å². The molecule has 0 aliphatic carbocycles. The van der Waals surface area contributed by atoms with E-state index in [-0.39, 0.29) is 5.57 Å². The number of benzene rings is 2. The maximum Gasteiger partial charge on any atom is 0.348 e. The minimum Gasteiger partial charge on any atom is -0.465 e. The first kappa shape index (κ1) is 18.4.